The number of hydrogen-bond acceptors (Lipinski definition) is 5. The summed E-state index contributed by atoms with van der Waals surface area (Å²) in [6, 6.07) is 12.0. The van der Waals surface area contributed by atoms with Crippen molar-refractivity contribution < 1.29 is 23.9 Å². The number of rotatable bonds is 4. The summed E-state index contributed by atoms with van der Waals surface area (Å²) in [5.74, 6) is 0.718. The molecule has 3 aliphatic rings. The topological polar surface area (TPSA) is 88.2 Å². The van der Waals surface area contributed by atoms with Gasteiger partial charge in [-0.05, 0) is 35.2 Å². The standard InChI is InChI=1S/C22H21N3O5/c26-20(24-8-7-15-3-1-2-4-16(15)12-24)10-17-21(27)25(22(28)23-17)11-14-5-6-18-19(9-14)30-13-29-18/h1-6,9,17H,7-8,10-13H2,(H,23,28)/t17-/m1/s1. The van der Waals surface area contributed by atoms with Crippen LogP contribution in [0.2, 0.25) is 0 Å². The number of nitrogens with zero attached hydrogens (tertiary/aromatic N) is 2. The summed E-state index contributed by atoms with van der Waals surface area (Å²) in [6.45, 7) is 1.42. The molecule has 1 saturated heterocycles. The molecule has 0 spiro atoms. The van der Waals surface area contributed by atoms with E-state index in [9.17, 15) is 14.4 Å². The molecule has 2 aromatic carbocycles. The van der Waals surface area contributed by atoms with E-state index in [1.807, 2.05) is 18.2 Å². The second-order valence-corrected chi connectivity index (χ2v) is 7.65. The van der Waals surface area contributed by atoms with Crippen molar-refractivity contribution in [2.75, 3.05) is 13.3 Å². The highest BCUT2D eigenvalue weighted by Gasteiger charge is 2.40. The molecule has 0 aliphatic carbocycles. The molecule has 0 bridgehead atoms. The lowest BCUT2D eigenvalue weighted by Gasteiger charge is -2.29. The van der Waals surface area contributed by atoms with E-state index in [0.717, 1.165) is 22.4 Å². The van der Waals surface area contributed by atoms with Crippen molar-refractivity contribution in [2.45, 2.75) is 32.0 Å². The van der Waals surface area contributed by atoms with Gasteiger partial charge in [0.2, 0.25) is 12.7 Å². The summed E-state index contributed by atoms with van der Waals surface area (Å²) >= 11 is 0. The molecule has 154 valence electrons. The molecule has 3 aliphatic heterocycles. The first-order valence-electron chi connectivity index (χ1n) is 9.93. The van der Waals surface area contributed by atoms with Crippen LogP contribution in [0.1, 0.15) is 23.1 Å². The largest absolute Gasteiger partial charge is 0.454 e. The molecule has 1 fully saturated rings. The number of hydrogen-bond donors (Lipinski definition) is 1. The Labute approximate surface area is 173 Å². The van der Waals surface area contributed by atoms with Gasteiger partial charge in [-0.15, -0.1) is 0 Å². The average molecular weight is 407 g/mol. The minimum absolute atomic E-state index is 0.0373. The van der Waals surface area contributed by atoms with E-state index in [-0.39, 0.29) is 31.6 Å². The highest BCUT2D eigenvalue weighted by molar-refractivity contribution is 6.05. The Morgan fingerprint density at radius 3 is 2.73 bits per heavy atom. The molecule has 2 aromatic rings. The fourth-order valence-corrected chi connectivity index (χ4v) is 4.10. The highest BCUT2D eigenvalue weighted by atomic mass is 16.7. The number of ether oxygens (including phenoxy) is 2. The number of urea groups is 1. The molecule has 1 N–H and O–H groups in total. The van der Waals surface area contributed by atoms with Crippen molar-refractivity contribution in [3.05, 3.63) is 59.2 Å². The van der Waals surface area contributed by atoms with Gasteiger partial charge >= 0.3 is 6.03 Å². The van der Waals surface area contributed by atoms with Gasteiger partial charge in [0.05, 0.1) is 13.0 Å². The van der Waals surface area contributed by atoms with Crippen LogP contribution in [0, 0.1) is 0 Å². The molecule has 8 nitrogen and oxygen atoms in total. The molecule has 1 atom stereocenters. The lowest BCUT2D eigenvalue weighted by atomic mass is 9.99. The monoisotopic (exact) mass is 407 g/mol. The van der Waals surface area contributed by atoms with Crippen LogP contribution >= 0.6 is 0 Å². The van der Waals surface area contributed by atoms with E-state index in [4.69, 9.17) is 9.47 Å². The molecule has 0 unspecified atom stereocenters. The summed E-state index contributed by atoms with van der Waals surface area (Å²) in [7, 11) is 0. The van der Waals surface area contributed by atoms with Crippen molar-refractivity contribution >= 4 is 17.8 Å². The molecule has 4 amide bonds. The Kier molecular flexibility index (Phi) is 4.54. The van der Waals surface area contributed by atoms with E-state index in [1.54, 1.807) is 23.1 Å². The van der Waals surface area contributed by atoms with Crippen LogP contribution in [0.4, 0.5) is 4.79 Å². The van der Waals surface area contributed by atoms with Crippen molar-refractivity contribution in [3.8, 4) is 11.5 Å². The SMILES string of the molecule is O=C(C[C@H]1NC(=O)N(Cc2ccc3c(c2)OCO3)C1=O)N1CCc2ccccc2C1. The van der Waals surface area contributed by atoms with E-state index in [1.165, 1.54) is 5.56 Å². The zero-order valence-electron chi connectivity index (χ0n) is 16.3. The van der Waals surface area contributed by atoms with Crippen LogP contribution in [-0.2, 0) is 29.1 Å². The van der Waals surface area contributed by atoms with Gasteiger partial charge in [-0.1, -0.05) is 30.3 Å². The quantitative estimate of drug-likeness (QED) is 0.781. The third kappa shape index (κ3) is 3.34. The van der Waals surface area contributed by atoms with Gasteiger partial charge in [0.15, 0.2) is 11.5 Å². The van der Waals surface area contributed by atoms with Crippen molar-refractivity contribution in [2.24, 2.45) is 0 Å². The fraction of sp³-hybridized carbons (Fsp3) is 0.318. The Balaban J connectivity index is 1.23. The maximum atomic E-state index is 12.8. The summed E-state index contributed by atoms with van der Waals surface area (Å²) in [4.78, 5) is 40.8. The summed E-state index contributed by atoms with van der Waals surface area (Å²) in [5.41, 5.74) is 3.13. The molecule has 8 heteroatoms. The van der Waals surface area contributed by atoms with Gasteiger partial charge < -0.3 is 19.7 Å². The molecule has 5 rings (SSSR count). The van der Waals surface area contributed by atoms with Crippen molar-refractivity contribution in [3.63, 3.8) is 0 Å². The van der Waals surface area contributed by atoms with Gasteiger partial charge in [0.25, 0.3) is 5.91 Å². The first-order valence-corrected chi connectivity index (χ1v) is 9.93. The predicted octanol–water partition coefficient (Wildman–Crippen LogP) is 1.81. The predicted molar refractivity (Wildman–Crippen MR) is 106 cm³/mol. The summed E-state index contributed by atoms with van der Waals surface area (Å²) in [5, 5.41) is 2.65. The van der Waals surface area contributed by atoms with E-state index < -0.39 is 12.1 Å². The van der Waals surface area contributed by atoms with Gasteiger partial charge in [-0.2, -0.15) is 0 Å². The number of fused-ring (bicyclic) bond motifs is 2. The number of carbonyl (C=O) groups is 3. The number of amides is 4. The normalized spacial score (nSPS) is 19.7. The smallest absolute Gasteiger partial charge is 0.325 e. The first kappa shape index (κ1) is 18.5. The molecular weight excluding hydrogens is 386 g/mol. The Hall–Kier alpha value is -3.55. The fourth-order valence-electron chi connectivity index (χ4n) is 4.10. The highest BCUT2D eigenvalue weighted by Crippen LogP contribution is 2.33. The molecular formula is C22H21N3O5. The zero-order valence-corrected chi connectivity index (χ0v) is 16.3. The second kappa shape index (κ2) is 7.37. The molecule has 0 radical (unpaired) electrons. The summed E-state index contributed by atoms with van der Waals surface area (Å²) in [6.07, 6.45) is 0.757. The van der Waals surface area contributed by atoms with Gasteiger partial charge in [-0.3, -0.25) is 14.5 Å². The average Bonchev–Trinajstić information content (AvgIpc) is 3.33. The van der Waals surface area contributed by atoms with Crippen LogP contribution in [0.25, 0.3) is 0 Å². The number of carbonyl (C=O) groups excluding carboxylic acids is 3. The van der Waals surface area contributed by atoms with Crippen molar-refractivity contribution in [1.82, 2.24) is 15.1 Å². The molecule has 0 saturated carbocycles. The van der Waals surface area contributed by atoms with E-state index in [0.29, 0.717) is 24.6 Å². The zero-order chi connectivity index (χ0) is 20.7. The van der Waals surface area contributed by atoms with Crippen LogP contribution in [-0.4, -0.2) is 47.0 Å². The first-order chi connectivity index (χ1) is 14.6. The van der Waals surface area contributed by atoms with Crippen LogP contribution in [0.5, 0.6) is 11.5 Å². The third-order valence-electron chi connectivity index (χ3n) is 5.75. The lowest BCUT2D eigenvalue weighted by Crippen LogP contribution is -2.41. The number of imide groups is 1. The number of benzene rings is 2. The Bertz CT molecular complexity index is 1040. The molecule has 3 heterocycles. The maximum Gasteiger partial charge on any atom is 0.325 e. The van der Waals surface area contributed by atoms with Gasteiger partial charge in [0.1, 0.15) is 6.04 Å². The van der Waals surface area contributed by atoms with E-state index in [2.05, 4.69) is 11.4 Å². The van der Waals surface area contributed by atoms with Gasteiger partial charge in [0, 0.05) is 13.1 Å². The van der Waals surface area contributed by atoms with Crippen LogP contribution in [0.3, 0.4) is 0 Å². The molecule has 30 heavy (non-hydrogen) atoms. The Morgan fingerprint density at radius 1 is 1.07 bits per heavy atom. The minimum Gasteiger partial charge on any atom is -0.454 e. The second-order valence-electron chi connectivity index (χ2n) is 7.65. The molecule has 0 aromatic heterocycles. The van der Waals surface area contributed by atoms with Crippen LogP contribution < -0.4 is 14.8 Å². The number of nitrogens with one attached hydrogen (secondary N) is 1. The third-order valence-corrected chi connectivity index (χ3v) is 5.75. The van der Waals surface area contributed by atoms with Gasteiger partial charge in [-0.25, -0.2) is 4.79 Å². The van der Waals surface area contributed by atoms with Crippen molar-refractivity contribution in [1.29, 1.82) is 0 Å². The van der Waals surface area contributed by atoms with Crippen LogP contribution in [0.15, 0.2) is 42.5 Å². The lowest BCUT2D eigenvalue weighted by molar-refractivity contribution is -0.136. The minimum atomic E-state index is -0.837. The summed E-state index contributed by atoms with van der Waals surface area (Å²) < 4.78 is 10.6. The maximum absolute atomic E-state index is 12.8. The Morgan fingerprint density at radius 2 is 1.87 bits per heavy atom. The van der Waals surface area contributed by atoms with E-state index >= 15 is 0 Å².